The van der Waals surface area contributed by atoms with Crippen LogP contribution in [0, 0.1) is 18.8 Å². The molecule has 0 saturated heterocycles. The van der Waals surface area contributed by atoms with Crippen molar-refractivity contribution in [3.05, 3.63) is 101 Å². The van der Waals surface area contributed by atoms with Crippen molar-refractivity contribution in [1.29, 1.82) is 0 Å². The number of benzene rings is 3. The molecule has 2 saturated carbocycles. The molecule has 6 rings (SSSR count). The Morgan fingerprint density at radius 2 is 1.73 bits per heavy atom. The summed E-state index contributed by atoms with van der Waals surface area (Å²) in [6.07, 6.45) is 2.99. The molecule has 5 atom stereocenters. The quantitative estimate of drug-likeness (QED) is 0.315. The number of hydrogen-bond donors (Lipinski definition) is 0. The summed E-state index contributed by atoms with van der Waals surface area (Å²) in [5.41, 5.74) is 4.84. The Bertz CT molecular complexity index is 1360. The Morgan fingerprint density at radius 3 is 2.40 bits per heavy atom. The second-order valence-corrected chi connectivity index (χ2v) is 11.3. The van der Waals surface area contributed by atoms with Gasteiger partial charge in [0, 0.05) is 18.5 Å². The largest absolute Gasteiger partial charge is 0.488 e. The van der Waals surface area contributed by atoms with Gasteiger partial charge in [0.1, 0.15) is 18.4 Å². The van der Waals surface area contributed by atoms with E-state index in [-0.39, 0.29) is 18.6 Å². The first-order valence-corrected chi connectivity index (χ1v) is 14.5. The molecule has 6 nitrogen and oxygen atoms in total. The van der Waals surface area contributed by atoms with E-state index >= 15 is 0 Å². The highest BCUT2D eigenvalue weighted by Gasteiger charge is 2.50. The van der Waals surface area contributed by atoms with E-state index in [9.17, 15) is 9.59 Å². The van der Waals surface area contributed by atoms with E-state index < -0.39 is 18.1 Å². The molecule has 2 aliphatic carbocycles. The van der Waals surface area contributed by atoms with Gasteiger partial charge in [-0.1, -0.05) is 72.8 Å². The van der Waals surface area contributed by atoms with Gasteiger partial charge in [-0.15, -0.1) is 0 Å². The van der Waals surface area contributed by atoms with E-state index in [4.69, 9.17) is 14.2 Å². The molecular formula is C34H37NO5. The molecule has 4 unspecified atom stereocenters. The van der Waals surface area contributed by atoms with Crippen LogP contribution in [0.3, 0.4) is 0 Å². The zero-order valence-corrected chi connectivity index (χ0v) is 23.3. The van der Waals surface area contributed by atoms with Crippen LogP contribution in [-0.4, -0.2) is 35.5 Å². The normalized spacial score (nSPS) is 23.6. The van der Waals surface area contributed by atoms with Gasteiger partial charge >= 0.3 is 5.97 Å². The molecule has 0 radical (unpaired) electrons. The number of rotatable bonds is 9. The molecule has 1 heterocycles. The number of amides is 1. The van der Waals surface area contributed by atoms with Gasteiger partial charge < -0.3 is 19.1 Å². The zero-order valence-electron chi connectivity index (χ0n) is 23.3. The van der Waals surface area contributed by atoms with Crippen LogP contribution in [0.5, 0.6) is 5.75 Å². The van der Waals surface area contributed by atoms with Gasteiger partial charge in [-0.3, -0.25) is 4.79 Å². The molecular weight excluding hydrogens is 502 g/mol. The fraction of sp³-hybridized carbons (Fsp3) is 0.412. The van der Waals surface area contributed by atoms with Crippen LogP contribution in [0.4, 0.5) is 0 Å². The first kappa shape index (κ1) is 26.6. The van der Waals surface area contributed by atoms with Crippen molar-refractivity contribution >= 4 is 11.9 Å². The van der Waals surface area contributed by atoms with E-state index in [0.717, 1.165) is 45.9 Å². The van der Waals surface area contributed by atoms with E-state index in [1.807, 2.05) is 79.7 Å². The van der Waals surface area contributed by atoms with Crippen LogP contribution in [0.1, 0.15) is 60.1 Å². The number of esters is 1. The minimum absolute atomic E-state index is 0.0814. The van der Waals surface area contributed by atoms with Crippen LogP contribution >= 0.6 is 0 Å². The molecule has 40 heavy (non-hydrogen) atoms. The van der Waals surface area contributed by atoms with Gasteiger partial charge in [0.15, 0.2) is 6.10 Å². The van der Waals surface area contributed by atoms with Crippen molar-refractivity contribution in [3.8, 4) is 5.75 Å². The summed E-state index contributed by atoms with van der Waals surface area (Å²) in [6.45, 7) is 4.78. The molecule has 0 aromatic heterocycles. The first-order valence-electron chi connectivity index (χ1n) is 14.5. The number of nitrogens with zero attached hydrogens (tertiary/aromatic N) is 1. The Hall–Kier alpha value is -3.64. The van der Waals surface area contributed by atoms with Crippen molar-refractivity contribution in [2.45, 2.75) is 70.9 Å². The molecule has 3 aromatic rings. The second-order valence-electron chi connectivity index (χ2n) is 11.3. The maximum atomic E-state index is 14.4. The van der Waals surface area contributed by atoms with Gasteiger partial charge in [0.25, 0.3) is 5.91 Å². The molecule has 208 valence electrons. The summed E-state index contributed by atoms with van der Waals surface area (Å²) in [7, 11) is 0. The van der Waals surface area contributed by atoms with Crippen LogP contribution in [0.15, 0.2) is 72.8 Å². The highest BCUT2D eigenvalue weighted by atomic mass is 16.5. The van der Waals surface area contributed by atoms with E-state index in [2.05, 4.69) is 0 Å². The highest BCUT2D eigenvalue weighted by Crippen LogP contribution is 2.54. The standard InChI is InChI=1S/C34H37NO5/c1-3-38-34(37)29-19-28-26(15-14-22(2)31(28)39-21-23-10-6-4-7-11-23)20-35(29)33(36)32(24-12-8-5-9-13-24)40-30-17-16-25-18-27(25)30/h4-15,25,27,29-30,32H,3,16-21H2,1-2H3/t25?,27?,29-,30?,32?/m0/s1. The van der Waals surface area contributed by atoms with Crippen molar-refractivity contribution in [2.75, 3.05) is 6.61 Å². The molecule has 1 amide bonds. The van der Waals surface area contributed by atoms with Crippen LogP contribution < -0.4 is 4.74 Å². The number of carbonyl (C=O) groups excluding carboxylic acids is 2. The lowest BCUT2D eigenvalue weighted by Gasteiger charge is -2.38. The molecule has 0 bridgehead atoms. The van der Waals surface area contributed by atoms with Crippen molar-refractivity contribution in [2.24, 2.45) is 11.8 Å². The number of carbonyl (C=O) groups is 2. The topological polar surface area (TPSA) is 65.1 Å². The maximum absolute atomic E-state index is 14.4. The molecule has 6 heteroatoms. The summed E-state index contributed by atoms with van der Waals surface area (Å²) in [5.74, 6) is 1.49. The van der Waals surface area contributed by atoms with Crippen LogP contribution in [0.25, 0.3) is 0 Å². The summed E-state index contributed by atoms with van der Waals surface area (Å²) in [6, 6.07) is 23.0. The maximum Gasteiger partial charge on any atom is 0.329 e. The molecule has 0 N–H and O–H groups in total. The van der Waals surface area contributed by atoms with Gasteiger partial charge in [-0.25, -0.2) is 4.79 Å². The third kappa shape index (κ3) is 5.37. The van der Waals surface area contributed by atoms with Crippen molar-refractivity contribution in [3.63, 3.8) is 0 Å². The third-order valence-corrected chi connectivity index (χ3v) is 8.65. The van der Waals surface area contributed by atoms with Gasteiger partial charge in [-0.05, 0) is 67.2 Å². The van der Waals surface area contributed by atoms with Crippen molar-refractivity contribution < 1.29 is 23.8 Å². The first-order chi connectivity index (χ1) is 19.5. The molecule has 0 spiro atoms. The van der Waals surface area contributed by atoms with Crippen molar-refractivity contribution in [1.82, 2.24) is 4.90 Å². The fourth-order valence-electron chi connectivity index (χ4n) is 6.42. The average Bonchev–Trinajstić information content (AvgIpc) is 3.67. The lowest BCUT2D eigenvalue weighted by atomic mass is 9.90. The number of fused-ring (bicyclic) bond motifs is 2. The molecule has 2 fully saturated rings. The molecule has 3 aromatic carbocycles. The summed E-state index contributed by atoms with van der Waals surface area (Å²) < 4.78 is 18.5. The summed E-state index contributed by atoms with van der Waals surface area (Å²) in [4.78, 5) is 29.4. The number of ether oxygens (including phenoxy) is 3. The predicted molar refractivity (Wildman–Crippen MR) is 152 cm³/mol. The minimum atomic E-state index is -0.761. The third-order valence-electron chi connectivity index (χ3n) is 8.65. The summed E-state index contributed by atoms with van der Waals surface area (Å²) >= 11 is 0. The minimum Gasteiger partial charge on any atom is -0.488 e. The van der Waals surface area contributed by atoms with Gasteiger partial charge in [0.2, 0.25) is 0 Å². The number of hydrogen-bond acceptors (Lipinski definition) is 5. The van der Waals surface area contributed by atoms with Crippen LogP contribution in [-0.2, 0) is 38.6 Å². The highest BCUT2D eigenvalue weighted by molar-refractivity contribution is 5.89. The smallest absolute Gasteiger partial charge is 0.329 e. The number of aryl methyl sites for hydroxylation is 1. The Morgan fingerprint density at radius 1 is 0.975 bits per heavy atom. The van der Waals surface area contributed by atoms with E-state index in [1.54, 1.807) is 11.8 Å². The lowest BCUT2D eigenvalue weighted by molar-refractivity contribution is -0.163. The predicted octanol–water partition coefficient (Wildman–Crippen LogP) is 5.95. The Balaban J connectivity index is 1.31. The average molecular weight is 540 g/mol. The Labute approximate surface area is 236 Å². The SMILES string of the molecule is CCOC(=O)[C@@H]1Cc2c(ccc(C)c2OCc2ccccc2)CN1C(=O)C(OC1CCC2CC21)c1ccccc1. The van der Waals surface area contributed by atoms with Gasteiger partial charge in [-0.2, -0.15) is 0 Å². The summed E-state index contributed by atoms with van der Waals surface area (Å²) in [5, 5.41) is 0. The monoisotopic (exact) mass is 539 g/mol. The lowest BCUT2D eigenvalue weighted by Crippen LogP contribution is -2.51. The van der Waals surface area contributed by atoms with E-state index in [1.165, 1.54) is 12.8 Å². The molecule has 3 aliphatic rings. The van der Waals surface area contributed by atoms with Gasteiger partial charge in [0.05, 0.1) is 12.7 Å². The molecule has 1 aliphatic heterocycles. The Kier molecular flexibility index (Phi) is 7.61. The van der Waals surface area contributed by atoms with Crippen LogP contribution in [0.2, 0.25) is 0 Å². The zero-order chi connectivity index (χ0) is 27.6. The second kappa shape index (κ2) is 11.5. The van der Waals surface area contributed by atoms with E-state index in [0.29, 0.717) is 25.5 Å². The fourth-order valence-corrected chi connectivity index (χ4v) is 6.42.